The summed E-state index contributed by atoms with van der Waals surface area (Å²) in [4.78, 5) is 19.0. The summed E-state index contributed by atoms with van der Waals surface area (Å²) in [5.74, 6) is 0. The summed E-state index contributed by atoms with van der Waals surface area (Å²) in [7, 11) is 0. The van der Waals surface area contributed by atoms with E-state index in [-0.39, 0.29) is 18.6 Å². The van der Waals surface area contributed by atoms with E-state index in [0.717, 1.165) is 27.6 Å². The van der Waals surface area contributed by atoms with E-state index < -0.39 is 0 Å². The minimum atomic E-state index is -0.261. The third kappa shape index (κ3) is 4.49. The number of pyridine rings is 1. The van der Waals surface area contributed by atoms with Crippen molar-refractivity contribution >= 4 is 17.1 Å². The Hall–Kier alpha value is -2.53. The van der Waals surface area contributed by atoms with Crippen molar-refractivity contribution in [2.75, 3.05) is 6.54 Å². The van der Waals surface area contributed by atoms with E-state index in [9.17, 15) is 9.28 Å². The summed E-state index contributed by atoms with van der Waals surface area (Å²) in [5.41, 5.74) is 3.80. The Morgan fingerprint density at radius 1 is 1.38 bits per heavy atom. The minimum Gasteiger partial charge on any atom is -0.321 e. The highest BCUT2D eigenvalue weighted by Gasteiger charge is 2.11. The van der Waals surface area contributed by atoms with Crippen LogP contribution in [0.15, 0.2) is 52.4 Å². The molecule has 0 fully saturated rings. The van der Waals surface area contributed by atoms with Gasteiger partial charge in [0.1, 0.15) is 0 Å². The van der Waals surface area contributed by atoms with Gasteiger partial charge in [-0.1, -0.05) is 24.3 Å². The second kappa shape index (κ2) is 7.84. The van der Waals surface area contributed by atoms with E-state index in [1.807, 2.05) is 26.0 Å². The number of nitrogens with zero attached hydrogens (tertiary/aromatic N) is 2. The lowest BCUT2D eigenvalue weighted by molar-refractivity contribution is 0.0269. The monoisotopic (exact) mass is 327 g/mol. The molecule has 1 N–H and O–H groups in total. The summed E-state index contributed by atoms with van der Waals surface area (Å²) < 4.78 is 14.2. The number of rotatable bonds is 6. The van der Waals surface area contributed by atoms with Crippen LogP contribution in [-0.4, -0.2) is 22.9 Å². The van der Waals surface area contributed by atoms with Crippen LogP contribution in [-0.2, 0) is 6.54 Å². The molecule has 0 bridgehead atoms. The Bertz CT molecular complexity index is 865. The van der Waals surface area contributed by atoms with Crippen LogP contribution in [0.1, 0.15) is 23.6 Å². The molecule has 5 heteroatoms. The molecule has 0 atom stereocenters. The van der Waals surface area contributed by atoms with Gasteiger partial charge < -0.3 is 4.98 Å². The minimum absolute atomic E-state index is 0.0748. The molecule has 1 aromatic carbocycles. The molecule has 0 unspecified atom stereocenters. The lowest BCUT2D eigenvalue weighted by Gasteiger charge is -2.12. The van der Waals surface area contributed by atoms with E-state index in [4.69, 9.17) is 0 Å². The van der Waals surface area contributed by atoms with Crippen LogP contribution in [0, 0.1) is 13.8 Å². The molecule has 0 saturated heterocycles. The number of H-pyrrole nitrogens is 1. The first kappa shape index (κ1) is 17.8. The zero-order valence-corrected chi connectivity index (χ0v) is 14.3. The number of aromatic amines is 1. The average molecular weight is 327 g/mol. The number of aliphatic imine (C=N–C) groups is 1. The van der Waals surface area contributed by atoms with Crippen molar-refractivity contribution in [3.63, 3.8) is 0 Å². The molecule has 0 aliphatic rings. The van der Waals surface area contributed by atoms with Gasteiger partial charge in [0.05, 0.1) is 18.6 Å². The van der Waals surface area contributed by atoms with Crippen molar-refractivity contribution in [2.45, 2.75) is 27.3 Å². The molecule has 1 heterocycles. The summed E-state index contributed by atoms with van der Waals surface area (Å²) in [6, 6.07) is 5.76. The Kier molecular flexibility index (Phi) is 5.82. The van der Waals surface area contributed by atoms with Gasteiger partial charge in [-0.15, -0.1) is 9.60 Å². The Balaban J connectivity index is 2.22. The van der Waals surface area contributed by atoms with E-state index in [2.05, 4.69) is 16.6 Å². The SMILES string of the molecule is C=CC=N/C=C(\C)CN(F)Cc1cc2cc(C)cc(C)c2[nH]c1=O. The zero-order chi connectivity index (χ0) is 17.7. The zero-order valence-electron chi connectivity index (χ0n) is 14.3. The third-order valence-electron chi connectivity index (χ3n) is 3.62. The van der Waals surface area contributed by atoms with Gasteiger partial charge in [-0.2, -0.15) is 0 Å². The van der Waals surface area contributed by atoms with Crippen molar-refractivity contribution in [3.05, 3.63) is 69.7 Å². The maximum atomic E-state index is 14.2. The number of hydrogen-bond acceptors (Lipinski definition) is 3. The number of nitrogens with one attached hydrogen (secondary N) is 1. The fourth-order valence-electron chi connectivity index (χ4n) is 2.63. The number of halogens is 1. The first-order valence-corrected chi connectivity index (χ1v) is 7.74. The quantitative estimate of drug-likeness (QED) is 0.644. The van der Waals surface area contributed by atoms with Crippen LogP contribution in [0.4, 0.5) is 4.48 Å². The fourth-order valence-corrected chi connectivity index (χ4v) is 2.63. The highest BCUT2D eigenvalue weighted by atomic mass is 19.2. The molecule has 0 spiro atoms. The maximum absolute atomic E-state index is 14.2. The summed E-state index contributed by atoms with van der Waals surface area (Å²) in [6.07, 6.45) is 4.66. The van der Waals surface area contributed by atoms with Gasteiger partial charge in [0, 0.05) is 18.0 Å². The number of allylic oxidation sites excluding steroid dienone is 1. The first-order valence-electron chi connectivity index (χ1n) is 7.74. The first-order chi connectivity index (χ1) is 11.4. The van der Waals surface area contributed by atoms with Gasteiger partial charge in [-0.05, 0) is 49.4 Å². The highest BCUT2D eigenvalue weighted by molar-refractivity contribution is 5.82. The molecular formula is C19H22FN3O. The highest BCUT2D eigenvalue weighted by Crippen LogP contribution is 2.18. The van der Waals surface area contributed by atoms with Crippen LogP contribution in [0.25, 0.3) is 10.9 Å². The van der Waals surface area contributed by atoms with Gasteiger partial charge in [-0.25, -0.2) is 0 Å². The normalized spacial score (nSPS) is 12.5. The standard InChI is InChI=1S/C19H22FN3O/c1-5-6-21-10-14(3)11-23(20)12-17-9-16-8-13(2)7-15(4)18(16)22-19(17)24/h5-10H,1,11-12H2,2-4H3,(H,22,24)/b14-10+,21-6?. The lowest BCUT2D eigenvalue weighted by Crippen LogP contribution is -2.22. The fraction of sp³-hybridized carbons (Fsp3) is 0.263. The van der Waals surface area contributed by atoms with Crippen LogP contribution >= 0.6 is 0 Å². The van der Waals surface area contributed by atoms with E-state index in [1.54, 1.807) is 25.3 Å². The van der Waals surface area contributed by atoms with E-state index in [0.29, 0.717) is 10.7 Å². The van der Waals surface area contributed by atoms with Crippen LogP contribution in [0.5, 0.6) is 0 Å². The molecule has 2 rings (SSSR count). The van der Waals surface area contributed by atoms with Gasteiger partial charge in [0.25, 0.3) is 5.56 Å². The second-order valence-corrected chi connectivity index (χ2v) is 5.96. The largest absolute Gasteiger partial charge is 0.321 e. The van der Waals surface area contributed by atoms with Crippen LogP contribution in [0.3, 0.4) is 0 Å². The third-order valence-corrected chi connectivity index (χ3v) is 3.62. The number of benzene rings is 1. The van der Waals surface area contributed by atoms with Gasteiger partial charge in [0.2, 0.25) is 0 Å². The van der Waals surface area contributed by atoms with E-state index in [1.165, 1.54) is 6.21 Å². The van der Waals surface area contributed by atoms with Crippen LogP contribution in [0.2, 0.25) is 0 Å². The van der Waals surface area contributed by atoms with Gasteiger partial charge >= 0.3 is 0 Å². The second-order valence-electron chi connectivity index (χ2n) is 5.96. The van der Waals surface area contributed by atoms with Crippen LogP contribution < -0.4 is 5.56 Å². The topological polar surface area (TPSA) is 48.5 Å². The Morgan fingerprint density at radius 2 is 2.12 bits per heavy atom. The molecule has 4 nitrogen and oxygen atoms in total. The van der Waals surface area contributed by atoms with Gasteiger partial charge in [-0.3, -0.25) is 9.79 Å². The van der Waals surface area contributed by atoms with Crippen molar-refractivity contribution in [1.29, 1.82) is 0 Å². The average Bonchev–Trinajstić information content (AvgIpc) is 2.49. The smallest absolute Gasteiger partial charge is 0.253 e. The number of fused-ring (bicyclic) bond motifs is 1. The molecule has 2 aromatic rings. The lowest BCUT2D eigenvalue weighted by atomic mass is 10.1. The maximum Gasteiger partial charge on any atom is 0.253 e. The number of hydrogen-bond donors (Lipinski definition) is 1. The van der Waals surface area contributed by atoms with Crippen molar-refractivity contribution < 1.29 is 4.48 Å². The van der Waals surface area contributed by atoms with Crippen molar-refractivity contribution in [2.24, 2.45) is 4.99 Å². The van der Waals surface area contributed by atoms with Crippen molar-refractivity contribution in [1.82, 2.24) is 10.1 Å². The van der Waals surface area contributed by atoms with E-state index >= 15 is 0 Å². The summed E-state index contributed by atoms with van der Waals surface area (Å²) in [5, 5.41) is 1.52. The predicted octanol–water partition coefficient (Wildman–Crippen LogP) is 3.99. The molecule has 0 amide bonds. The molecule has 126 valence electrons. The van der Waals surface area contributed by atoms with Crippen molar-refractivity contribution in [3.8, 4) is 0 Å². The molecule has 24 heavy (non-hydrogen) atoms. The molecule has 1 aromatic heterocycles. The predicted molar refractivity (Wildman–Crippen MR) is 98.0 cm³/mol. The summed E-state index contributed by atoms with van der Waals surface area (Å²) in [6.45, 7) is 9.25. The summed E-state index contributed by atoms with van der Waals surface area (Å²) >= 11 is 0. The molecule has 0 aliphatic carbocycles. The number of aryl methyl sites for hydroxylation is 2. The molecule has 0 aliphatic heterocycles. The molecule has 0 radical (unpaired) electrons. The molecular weight excluding hydrogens is 305 g/mol. The Morgan fingerprint density at radius 3 is 2.83 bits per heavy atom. The Labute approximate surface area is 141 Å². The van der Waals surface area contributed by atoms with Gasteiger partial charge in [0.15, 0.2) is 0 Å². The number of aromatic nitrogens is 1. The molecule has 0 saturated carbocycles.